The quantitative estimate of drug-likeness (QED) is 0.781. The molecule has 21 heavy (non-hydrogen) atoms. The van der Waals surface area contributed by atoms with Crippen molar-refractivity contribution >= 4 is 5.91 Å². The van der Waals surface area contributed by atoms with Crippen molar-refractivity contribution in [3.05, 3.63) is 0 Å². The highest BCUT2D eigenvalue weighted by atomic mass is 16.5. The van der Waals surface area contributed by atoms with Gasteiger partial charge in [-0.15, -0.1) is 0 Å². The second-order valence-corrected chi connectivity index (χ2v) is 7.06. The predicted molar refractivity (Wildman–Crippen MR) is 85.2 cm³/mol. The molecule has 0 aromatic heterocycles. The number of hydrogen-bond acceptors (Lipinski definition) is 3. The number of amides is 1. The molecule has 122 valence electrons. The van der Waals surface area contributed by atoms with E-state index in [1.165, 1.54) is 38.9 Å². The van der Waals surface area contributed by atoms with Crippen LogP contribution in [0.1, 0.15) is 47.0 Å². The summed E-state index contributed by atoms with van der Waals surface area (Å²) in [5.41, 5.74) is 0. The molecule has 0 spiro atoms. The highest BCUT2D eigenvalue weighted by Crippen LogP contribution is 2.27. The van der Waals surface area contributed by atoms with Crippen LogP contribution in [0.25, 0.3) is 0 Å². The molecule has 2 fully saturated rings. The minimum Gasteiger partial charge on any atom is -0.363 e. The average molecular weight is 296 g/mol. The largest absolute Gasteiger partial charge is 0.363 e. The molecule has 0 aliphatic carbocycles. The van der Waals surface area contributed by atoms with Gasteiger partial charge in [0.2, 0.25) is 0 Å². The monoisotopic (exact) mass is 296 g/mol. The van der Waals surface area contributed by atoms with Gasteiger partial charge in [-0.2, -0.15) is 0 Å². The fourth-order valence-corrected chi connectivity index (χ4v) is 3.46. The second kappa shape index (κ2) is 7.59. The number of hydrogen-bond donors (Lipinski definition) is 0. The Morgan fingerprint density at radius 1 is 1.29 bits per heavy atom. The number of carbonyl (C=O) groups is 1. The molecule has 0 aromatic rings. The van der Waals surface area contributed by atoms with Crippen molar-refractivity contribution in [2.45, 2.75) is 59.2 Å². The summed E-state index contributed by atoms with van der Waals surface area (Å²) in [5.74, 6) is 1.56. The van der Waals surface area contributed by atoms with E-state index in [1.54, 1.807) is 0 Å². The van der Waals surface area contributed by atoms with Gasteiger partial charge >= 0.3 is 0 Å². The summed E-state index contributed by atoms with van der Waals surface area (Å²) < 4.78 is 5.99. The number of rotatable bonds is 5. The molecule has 0 radical (unpaired) electrons. The molecule has 0 saturated carbocycles. The maximum absolute atomic E-state index is 12.0. The fourth-order valence-electron chi connectivity index (χ4n) is 3.46. The average Bonchev–Trinajstić information content (AvgIpc) is 2.48. The van der Waals surface area contributed by atoms with Gasteiger partial charge in [-0.1, -0.05) is 13.8 Å². The molecule has 2 aliphatic rings. The zero-order valence-corrected chi connectivity index (χ0v) is 14.2. The van der Waals surface area contributed by atoms with E-state index in [1.807, 2.05) is 11.8 Å². The van der Waals surface area contributed by atoms with E-state index in [-0.39, 0.29) is 18.1 Å². The summed E-state index contributed by atoms with van der Waals surface area (Å²) in [4.78, 5) is 16.5. The molecule has 2 atom stereocenters. The zero-order valence-electron chi connectivity index (χ0n) is 14.2. The standard InChI is InChI=1S/C17H32N2O2/c1-5-19-12-16(21-14(4)17(19)20)15-7-10-18(11-8-15)9-6-13(2)3/h13-16H,5-12H2,1-4H3/t14-,16+/m1/s1. The van der Waals surface area contributed by atoms with Crippen LogP contribution in [-0.2, 0) is 9.53 Å². The first-order valence-corrected chi connectivity index (χ1v) is 8.67. The van der Waals surface area contributed by atoms with Gasteiger partial charge in [0.05, 0.1) is 6.10 Å². The zero-order chi connectivity index (χ0) is 15.4. The van der Waals surface area contributed by atoms with Crippen LogP contribution in [0.4, 0.5) is 0 Å². The van der Waals surface area contributed by atoms with E-state index < -0.39 is 0 Å². The molecule has 0 aromatic carbocycles. The highest BCUT2D eigenvalue weighted by molar-refractivity contribution is 5.81. The number of carbonyl (C=O) groups excluding carboxylic acids is 1. The lowest BCUT2D eigenvalue weighted by atomic mass is 9.89. The molecule has 2 rings (SSSR count). The van der Waals surface area contributed by atoms with Crippen molar-refractivity contribution in [1.82, 2.24) is 9.80 Å². The van der Waals surface area contributed by atoms with Gasteiger partial charge in [0.15, 0.2) is 0 Å². The Morgan fingerprint density at radius 2 is 1.95 bits per heavy atom. The molecule has 4 heteroatoms. The van der Waals surface area contributed by atoms with Crippen LogP contribution in [0.2, 0.25) is 0 Å². The van der Waals surface area contributed by atoms with Crippen LogP contribution >= 0.6 is 0 Å². The highest BCUT2D eigenvalue weighted by Gasteiger charge is 2.36. The molecule has 0 N–H and O–H groups in total. The van der Waals surface area contributed by atoms with Gasteiger partial charge in [0.1, 0.15) is 6.10 Å². The summed E-state index contributed by atoms with van der Waals surface area (Å²) in [7, 11) is 0. The SMILES string of the molecule is CCN1C[C@@H](C2CCN(CCC(C)C)CC2)O[C@H](C)C1=O. The molecule has 1 amide bonds. The first-order chi connectivity index (χ1) is 10.0. The van der Waals surface area contributed by atoms with Crippen LogP contribution in [0, 0.1) is 11.8 Å². The molecule has 2 aliphatic heterocycles. The van der Waals surface area contributed by atoms with Gasteiger partial charge < -0.3 is 14.5 Å². The van der Waals surface area contributed by atoms with Crippen molar-refractivity contribution in [2.24, 2.45) is 11.8 Å². The van der Waals surface area contributed by atoms with Crippen molar-refractivity contribution in [1.29, 1.82) is 0 Å². The van der Waals surface area contributed by atoms with E-state index in [0.717, 1.165) is 19.0 Å². The first-order valence-electron chi connectivity index (χ1n) is 8.67. The Balaban J connectivity index is 1.80. The van der Waals surface area contributed by atoms with E-state index >= 15 is 0 Å². The number of nitrogens with zero attached hydrogens (tertiary/aromatic N) is 2. The van der Waals surface area contributed by atoms with Crippen molar-refractivity contribution in [3.63, 3.8) is 0 Å². The van der Waals surface area contributed by atoms with Gasteiger partial charge in [0.25, 0.3) is 5.91 Å². The summed E-state index contributed by atoms with van der Waals surface area (Å²) in [6.45, 7) is 13.7. The molecule has 0 bridgehead atoms. The normalized spacial score (nSPS) is 29.4. The minimum absolute atomic E-state index is 0.156. The number of ether oxygens (including phenoxy) is 1. The Hall–Kier alpha value is -0.610. The molecule has 0 unspecified atom stereocenters. The number of morpholine rings is 1. The van der Waals surface area contributed by atoms with E-state index in [0.29, 0.717) is 5.92 Å². The van der Waals surface area contributed by atoms with Crippen molar-refractivity contribution < 1.29 is 9.53 Å². The van der Waals surface area contributed by atoms with Crippen LogP contribution < -0.4 is 0 Å². The molecule has 4 nitrogen and oxygen atoms in total. The topological polar surface area (TPSA) is 32.8 Å². The second-order valence-electron chi connectivity index (χ2n) is 7.06. The lowest BCUT2D eigenvalue weighted by molar-refractivity contribution is -0.166. The van der Waals surface area contributed by atoms with Crippen LogP contribution in [-0.4, -0.2) is 60.6 Å². The van der Waals surface area contributed by atoms with Crippen molar-refractivity contribution in [3.8, 4) is 0 Å². The third-order valence-electron chi connectivity index (χ3n) is 5.00. The van der Waals surface area contributed by atoms with Crippen LogP contribution in [0.3, 0.4) is 0 Å². The van der Waals surface area contributed by atoms with Gasteiger partial charge in [-0.25, -0.2) is 0 Å². The van der Waals surface area contributed by atoms with Gasteiger partial charge in [-0.3, -0.25) is 4.79 Å². The maximum atomic E-state index is 12.0. The lowest BCUT2D eigenvalue weighted by Gasteiger charge is -2.42. The first kappa shape index (κ1) is 16.8. The number of likely N-dealkylation sites (tertiary alicyclic amines) is 1. The molecule has 2 heterocycles. The Labute approximate surface area is 129 Å². The Kier molecular flexibility index (Phi) is 6.06. The Morgan fingerprint density at radius 3 is 2.52 bits per heavy atom. The third kappa shape index (κ3) is 4.43. The molecular weight excluding hydrogens is 264 g/mol. The van der Waals surface area contributed by atoms with Crippen molar-refractivity contribution in [2.75, 3.05) is 32.7 Å². The fraction of sp³-hybridized carbons (Fsp3) is 0.941. The third-order valence-corrected chi connectivity index (χ3v) is 5.00. The number of likely N-dealkylation sites (N-methyl/N-ethyl adjacent to an activating group) is 1. The molecule has 2 saturated heterocycles. The van der Waals surface area contributed by atoms with Crippen LogP contribution in [0.5, 0.6) is 0 Å². The smallest absolute Gasteiger partial charge is 0.251 e. The minimum atomic E-state index is -0.261. The number of piperidine rings is 1. The summed E-state index contributed by atoms with van der Waals surface area (Å²) in [5, 5.41) is 0. The van der Waals surface area contributed by atoms with Gasteiger partial charge in [0, 0.05) is 13.1 Å². The van der Waals surface area contributed by atoms with E-state index in [2.05, 4.69) is 25.7 Å². The van der Waals surface area contributed by atoms with Crippen LogP contribution in [0.15, 0.2) is 0 Å². The predicted octanol–water partition coefficient (Wildman–Crippen LogP) is 2.38. The summed E-state index contributed by atoms with van der Waals surface area (Å²) in [6.07, 6.45) is 3.69. The Bertz CT molecular complexity index is 338. The lowest BCUT2D eigenvalue weighted by Crippen LogP contribution is -2.54. The van der Waals surface area contributed by atoms with E-state index in [4.69, 9.17) is 4.74 Å². The van der Waals surface area contributed by atoms with E-state index in [9.17, 15) is 4.79 Å². The maximum Gasteiger partial charge on any atom is 0.251 e. The summed E-state index contributed by atoms with van der Waals surface area (Å²) >= 11 is 0. The summed E-state index contributed by atoms with van der Waals surface area (Å²) in [6, 6.07) is 0. The van der Waals surface area contributed by atoms with Gasteiger partial charge in [-0.05, 0) is 64.6 Å². The molecular formula is C17H32N2O2.